The number of rotatable bonds is 7. The topological polar surface area (TPSA) is 52.7 Å². The maximum absolute atomic E-state index is 13.3. The molecule has 0 spiro atoms. The van der Waals surface area contributed by atoms with Crippen molar-refractivity contribution in [1.29, 1.82) is 0 Å². The molecule has 0 unspecified atom stereocenters. The van der Waals surface area contributed by atoms with Gasteiger partial charge in [-0.15, -0.1) is 10.2 Å². The van der Waals surface area contributed by atoms with Gasteiger partial charge < -0.3 is 9.13 Å². The third-order valence-corrected chi connectivity index (χ3v) is 6.50. The fourth-order valence-corrected chi connectivity index (χ4v) is 4.75. The number of aromatic nitrogens is 4. The minimum absolute atomic E-state index is 0.00941. The Balaban J connectivity index is 1.54. The molecule has 0 atom stereocenters. The molecule has 0 bridgehead atoms. The molecular formula is C24H22ClFN4OS. The van der Waals surface area contributed by atoms with Gasteiger partial charge in [0.05, 0.1) is 5.75 Å². The summed E-state index contributed by atoms with van der Waals surface area (Å²) >= 11 is 7.36. The molecule has 2 aromatic carbocycles. The van der Waals surface area contributed by atoms with Crippen molar-refractivity contribution in [2.45, 2.75) is 32.5 Å². The number of benzene rings is 2. The second kappa shape index (κ2) is 9.30. The van der Waals surface area contributed by atoms with Gasteiger partial charge in [0.15, 0.2) is 16.8 Å². The molecule has 4 rings (SSSR count). The number of hydrogen-bond donors (Lipinski definition) is 0. The molecule has 0 amide bonds. The zero-order valence-electron chi connectivity index (χ0n) is 18.0. The number of Topliss-reactive ketones (excluding diaryl/α,β-unsaturated/α-hetero) is 1. The zero-order valence-corrected chi connectivity index (χ0v) is 19.5. The number of nitrogens with zero attached hydrogens (tertiary/aromatic N) is 4. The van der Waals surface area contributed by atoms with Gasteiger partial charge in [0.2, 0.25) is 0 Å². The molecule has 5 nitrogen and oxygen atoms in total. The van der Waals surface area contributed by atoms with Gasteiger partial charge in [-0.05, 0) is 75.4 Å². The molecular weight excluding hydrogens is 447 g/mol. The lowest BCUT2D eigenvalue weighted by atomic mass is 10.2. The van der Waals surface area contributed by atoms with Crippen LogP contribution in [0.5, 0.6) is 0 Å². The fraction of sp³-hybridized carbons (Fsp3) is 0.208. The molecule has 0 aliphatic rings. The fourth-order valence-electron chi connectivity index (χ4n) is 3.73. The highest BCUT2D eigenvalue weighted by molar-refractivity contribution is 7.99. The Hall–Kier alpha value is -2.90. The summed E-state index contributed by atoms with van der Waals surface area (Å²) in [4.78, 5) is 13.0. The monoisotopic (exact) mass is 468 g/mol. The highest BCUT2D eigenvalue weighted by Crippen LogP contribution is 2.27. The van der Waals surface area contributed by atoms with E-state index in [4.69, 9.17) is 11.6 Å². The molecule has 0 saturated heterocycles. The quantitative estimate of drug-likeness (QED) is 0.241. The molecule has 0 N–H and O–H groups in total. The summed E-state index contributed by atoms with van der Waals surface area (Å²) in [5, 5.41) is 9.98. The van der Waals surface area contributed by atoms with Crippen LogP contribution in [0, 0.1) is 19.7 Å². The van der Waals surface area contributed by atoms with Gasteiger partial charge in [-0.25, -0.2) is 4.39 Å². The van der Waals surface area contributed by atoms with Crippen LogP contribution in [0.3, 0.4) is 0 Å². The number of thioether (sulfide) groups is 1. The van der Waals surface area contributed by atoms with E-state index in [-0.39, 0.29) is 17.4 Å². The minimum Gasteiger partial charge on any atom is -0.318 e. The summed E-state index contributed by atoms with van der Waals surface area (Å²) in [6.07, 6.45) is 0. The summed E-state index contributed by atoms with van der Waals surface area (Å²) in [7, 11) is 0. The Morgan fingerprint density at radius 3 is 2.41 bits per heavy atom. The van der Waals surface area contributed by atoms with Gasteiger partial charge in [0, 0.05) is 39.8 Å². The van der Waals surface area contributed by atoms with Crippen molar-refractivity contribution in [2.24, 2.45) is 0 Å². The standard InChI is InChI=1S/C24H22ClFN4OS/c1-4-29-23(17-5-7-18(25)8-6-17)27-28-24(29)32-14-22(31)21-13-15(2)30(16(21)3)20-11-9-19(26)10-12-20/h5-13H,4,14H2,1-3H3. The van der Waals surface area contributed by atoms with E-state index in [1.54, 1.807) is 12.1 Å². The summed E-state index contributed by atoms with van der Waals surface area (Å²) in [6, 6.07) is 15.6. The zero-order chi connectivity index (χ0) is 22.8. The van der Waals surface area contributed by atoms with Crippen LogP contribution in [0.4, 0.5) is 4.39 Å². The molecule has 2 heterocycles. The Morgan fingerprint density at radius 2 is 1.75 bits per heavy atom. The van der Waals surface area contributed by atoms with E-state index >= 15 is 0 Å². The lowest BCUT2D eigenvalue weighted by Crippen LogP contribution is -2.07. The van der Waals surface area contributed by atoms with Crippen LogP contribution in [0.2, 0.25) is 5.02 Å². The number of carbonyl (C=O) groups is 1. The van der Waals surface area contributed by atoms with Gasteiger partial charge in [-0.1, -0.05) is 23.4 Å². The molecule has 0 radical (unpaired) electrons. The van der Waals surface area contributed by atoms with Crippen LogP contribution < -0.4 is 0 Å². The van der Waals surface area contributed by atoms with Crippen molar-refractivity contribution in [3.63, 3.8) is 0 Å². The van der Waals surface area contributed by atoms with Gasteiger partial charge in [0.1, 0.15) is 5.82 Å². The lowest BCUT2D eigenvalue weighted by Gasteiger charge is -2.10. The van der Waals surface area contributed by atoms with Crippen molar-refractivity contribution in [3.8, 4) is 17.1 Å². The third kappa shape index (κ3) is 4.36. The van der Waals surface area contributed by atoms with Crippen LogP contribution in [0.15, 0.2) is 59.8 Å². The van der Waals surface area contributed by atoms with E-state index in [9.17, 15) is 9.18 Å². The lowest BCUT2D eigenvalue weighted by molar-refractivity contribution is 0.102. The average molecular weight is 469 g/mol. The van der Waals surface area contributed by atoms with Gasteiger partial charge in [0.25, 0.3) is 0 Å². The Kier molecular flexibility index (Phi) is 6.48. The van der Waals surface area contributed by atoms with E-state index in [2.05, 4.69) is 10.2 Å². The maximum atomic E-state index is 13.3. The average Bonchev–Trinajstić information content (AvgIpc) is 3.33. The van der Waals surface area contributed by atoms with Gasteiger partial charge >= 0.3 is 0 Å². The first-order valence-corrected chi connectivity index (χ1v) is 11.6. The number of hydrogen-bond acceptors (Lipinski definition) is 4. The molecule has 2 aromatic heterocycles. The Labute approximate surface area is 195 Å². The van der Waals surface area contributed by atoms with E-state index < -0.39 is 0 Å². The number of aryl methyl sites for hydroxylation is 1. The van der Waals surface area contributed by atoms with Gasteiger partial charge in [-0.2, -0.15) is 0 Å². The van der Waals surface area contributed by atoms with E-state index in [0.717, 1.165) is 28.5 Å². The highest BCUT2D eigenvalue weighted by Gasteiger charge is 2.19. The molecule has 0 fully saturated rings. The Morgan fingerprint density at radius 1 is 1.06 bits per heavy atom. The van der Waals surface area contributed by atoms with Crippen molar-refractivity contribution in [2.75, 3.05) is 5.75 Å². The van der Waals surface area contributed by atoms with E-state index in [1.165, 1.54) is 23.9 Å². The van der Waals surface area contributed by atoms with Crippen molar-refractivity contribution in [1.82, 2.24) is 19.3 Å². The maximum Gasteiger partial charge on any atom is 0.191 e. The SMILES string of the molecule is CCn1c(SCC(=O)c2cc(C)n(-c3ccc(F)cc3)c2C)nnc1-c1ccc(Cl)cc1. The summed E-state index contributed by atoms with van der Waals surface area (Å²) in [6.45, 7) is 6.54. The molecule has 0 aliphatic heterocycles. The summed E-state index contributed by atoms with van der Waals surface area (Å²) < 4.78 is 17.3. The molecule has 0 saturated carbocycles. The van der Waals surface area contributed by atoms with Crippen LogP contribution in [0.25, 0.3) is 17.1 Å². The number of halogens is 2. The summed E-state index contributed by atoms with van der Waals surface area (Å²) in [5.74, 6) is 0.706. The largest absolute Gasteiger partial charge is 0.318 e. The van der Waals surface area contributed by atoms with E-state index in [0.29, 0.717) is 22.3 Å². The third-order valence-electron chi connectivity index (χ3n) is 5.28. The first kappa shape index (κ1) is 22.3. The van der Waals surface area contributed by atoms with Crippen LogP contribution in [0.1, 0.15) is 28.7 Å². The smallest absolute Gasteiger partial charge is 0.191 e. The summed E-state index contributed by atoms with van der Waals surface area (Å²) in [5.41, 5.74) is 4.15. The second-order valence-electron chi connectivity index (χ2n) is 7.37. The number of carbonyl (C=O) groups excluding carboxylic acids is 1. The van der Waals surface area contributed by atoms with Crippen molar-refractivity contribution < 1.29 is 9.18 Å². The molecule has 4 aromatic rings. The molecule has 164 valence electrons. The minimum atomic E-state index is -0.290. The van der Waals surface area contributed by atoms with Gasteiger partial charge in [-0.3, -0.25) is 4.79 Å². The van der Waals surface area contributed by atoms with Crippen molar-refractivity contribution in [3.05, 3.63) is 82.4 Å². The first-order valence-electron chi connectivity index (χ1n) is 10.2. The normalized spacial score (nSPS) is 11.2. The predicted octanol–water partition coefficient (Wildman–Crippen LogP) is 6.14. The first-order chi connectivity index (χ1) is 15.4. The second-order valence-corrected chi connectivity index (χ2v) is 8.74. The highest BCUT2D eigenvalue weighted by atomic mass is 35.5. The van der Waals surface area contributed by atoms with Crippen molar-refractivity contribution >= 4 is 29.1 Å². The Bertz CT molecular complexity index is 1260. The van der Waals surface area contributed by atoms with Crippen LogP contribution in [-0.2, 0) is 6.54 Å². The van der Waals surface area contributed by atoms with Crippen LogP contribution >= 0.6 is 23.4 Å². The van der Waals surface area contributed by atoms with Crippen LogP contribution in [-0.4, -0.2) is 30.9 Å². The molecule has 0 aliphatic carbocycles. The molecule has 32 heavy (non-hydrogen) atoms. The predicted molar refractivity (Wildman–Crippen MR) is 126 cm³/mol. The molecule has 8 heteroatoms. The number of ketones is 1. The van der Waals surface area contributed by atoms with E-state index in [1.807, 2.05) is 60.2 Å².